The Morgan fingerprint density at radius 2 is 1.76 bits per heavy atom. The van der Waals surface area contributed by atoms with E-state index in [0.29, 0.717) is 19.8 Å². The van der Waals surface area contributed by atoms with Crippen LogP contribution in [0.2, 0.25) is 0 Å². The molecule has 5 nitrogen and oxygen atoms in total. The van der Waals surface area contributed by atoms with Gasteiger partial charge in [0.25, 0.3) is 0 Å². The fraction of sp³-hybridized carbons (Fsp3) is 0.833. The summed E-state index contributed by atoms with van der Waals surface area (Å²) in [4.78, 5) is 24.0. The summed E-state index contributed by atoms with van der Waals surface area (Å²) in [6.45, 7) is 6.99. The van der Waals surface area contributed by atoms with Crippen LogP contribution < -0.4 is 0 Å². The smallest absolute Gasteiger partial charge is 0.306 e. The third-order valence-electron chi connectivity index (χ3n) is 2.41. The van der Waals surface area contributed by atoms with Gasteiger partial charge in [0.05, 0.1) is 13.0 Å². The molecule has 0 fully saturated rings. The molecule has 0 aromatic rings. The molecule has 0 saturated heterocycles. The van der Waals surface area contributed by atoms with Crippen molar-refractivity contribution < 1.29 is 19.1 Å². The first kappa shape index (κ1) is 16.1. The topological polar surface area (TPSA) is 55.8 Å². The molecular formula is C12H23NO4. The van der Waals surface area contributed by atoms with Crippen LogP contribution in [0.1, 0.15) is 26.7 Å². The maximum atomic E-state index is 11.2. The number of esters is 1. The van der Waals surface area contributed by atoms with Crippen LogP contribution in [0, 0.1) is 0 Å². The number of hydrogen-bond donors (Lipinski definition) is 0. The molecule has 5 heteroatoms. The van der Waals surface area contributed by atoms with E-state index in [1.807, 2.05) is 6.92 Å². The number of likely N-dealkylation sites (N-methyl/N-ethyl adjacent to an activating group) is 1. The van der Waals surface area contributed by atoms with Gasteiger partial charge in [-0.3, -0.25) is 9.69 Å². The third-order valence-corrected chi connectivity index (χ3v) is 2.41. The summed E-state index contributed by atoms with van der Waals surface area (Å²) in [5, 5.41) is 0. The lowest BCUT2D eigenvalue weighted by Gasteiger charge is -2.19. The van der Waals surface area contributed by atoms with Gasteiger partial charge in [0, 0.05) is 26.6 Å². The summed E-state index contributed by atoms with van der Waals surface area (Å²) in [6.07, 6.45) is 0.444. The van der Waals surface area contributed by atoms with Gasteiger partial charge in [-0.1, -0.05) is 6.92 Å². The Balaban J connectivity index is 3.58. The van der Waals surface area contributed by atoms with Crippen LogP contribution in [0.15, 0.2) is 0 Å². The third kappa shape index (κ3) is 9.96. The van der Waals surface area contributed by atoms with Crippen molar-refractivity contribution in [1.29, 1.82) is 0 Å². The zero-order valence-corrected chi connectivity index (χ0v) is 11.0. The first-order chi connectivity index (χ1) is 8.10. The van der Waals surface area contributed by atoms with Crippen molar-refractivity contribution in [2.45, 2.75) is 26.7 Å². The van der Waals surface area contributed by atoms with Gasteiger partial charge in [-0.2, -0.15) is 0 Å². The Morgan fingerprint density at radius 3 is 2.29 bits per heavy atom. The van der Waals surface area contributed by atoms with E-state index in [0.717, 1.165) is 13.1 Å². The summed E-state index contributed by atoms with van der Waals surface area (Å²) in [7, 11) is 1.66. The molecule has 0 amide bonds. The fourth-order valence-electron chi connectivity index (χ4n) is 1.29. The minimum Gasteiger partial charge on any atom is -0.464 e. The number of ether oxygens (including phenoxy) is 2. The lowest BCUT2D eigenvalue weighted by atomic mass is 10.2. The monoisotopic (exact) mass is 245 g/mol. The standard InChI is InChI=1S/C12H23NO4/c1-4-13(7-9-16-3)8-10-17-12(15)6-5-11(2)14/h4-10H2,1-3H3. The Labute approximate surface area is 103 Å². The van der Waals surface area contributed by atoms with Crippen LogP contribution in [0.25, 0.3) is 0 Å². The minimum atomic E-state index is -0.303. The second-order valence-corrected chi connectivity index (χ2v) is 3.85. The van der Waals surface area contributed by atoms with Crippen molar-refractivity contribution in [3.8, 4) is 0 Å². The van der Waals surface area contributed by atoms with E-state index >= 15 is 0 Å². The van der Waals surface area contributed by atoms with E-state index in [9.17, 15) is 9.59 Å². The number of ketones is 1. The normalized spacial score (nSPS) is 10.6. The molecule has 0 radical (unpaired) electrons. The fourth-order valence-corrected chi connectivity index (χ4v) is 1.29. The highest BCUT2D eigenvalue weighted by Crippen LogP contribution is 1.95. The highest BCUT2D eigenvalue weighted by Gasteiger charge is 2.06. The average Bonchev–Trinajstić information content (AvgIpc) is 2.30. The molecule has 17 heavy (non-hydrogen) atoms. The van der Waals surface area contributed by atoms with Crippen molar-refractivity contribution in [1.82, 2.24) is 4.90 Å². The molecular weight excluding hydrogens is 222 g/mol. The molecule has 0 bridgehead atoms. The van der Waals surface area contributed by atoms with Gasteiger partial charge < -0.3 is 14.3 Å². The highest BCUT2D eigenvalue weighted by atomic mass is 16.5. The molecule has 0 heterocycles. The summed E-state index contributed by atoms with van der Waals surface area (Å²) in [5.41, 5.74) is 0. The molecule has 0 aromatic heterocycles. The van der Waals surface area contributed by atoms with Crippen molar-refractivity contribution in [3.05, 3.63) is 0 Å². The van der Waals surface area contributed by atoms with Crippen molar-refractivity contribution in [2.75, 3.05) is 40.0 Å². The van der Waals surface area contributed by atoms with E-state index in [1.54, 1.807) is 7.11 Å². The number of nitrogens with zero attached hydrogens (tertiary/aromatic N) is 1. The molecule has 0 aromatic carbocycles. The first-order valence-corrected chi connectivity index (χ1v) is 5.96. The van der Waals surface area contributed by atoms with Crippen LogP contribution in [0.5, 0.6) is 0 Å². The molecule has 0 N–H and O–H groups in total. The molecule has 0 aliphatic carbocycles. The van der Waals surface area contributed by atoms with Gasteiger partial charge in [0.1, 0.15) is 12.4 Å². The van der Waals surface area contributed by atoms with Crippen molar-refractivity contribution in [3.63, 3.8) is 0 Å². The van der Waals surface area contributed by atoms with Crippen LogP contribution in [-0.4, -0.2) is 56.6 Å². The van der Waals surface area contributed by atoms with Crippen LogP contribution in [0.4, 0.5) is 0 Å². The van der Waals surface area contributed by atoms with Gasteiger partial charge in [-0.25, -0.2) is 0 Å². The first-order valence-electron chi connectivity index (χ1n) is 5.96. The largest absolute Gasteiger partial charge is 0.464 e. The van der Waals surface area contributed by atoms with Crippen LogP contribution in [-0.2, 0) is 19.1 Å². The molecule has 0 spiro atoms. The van der Waals surface area contributed by atoms with Gasteiger partial charge in [0.15, 0.2) is 0 Å². The number of methoxy groups -OCH3 is 1. The maximum absolute atomic E-state index is 11.2. The molecule has 0 saturated carbocycles. The van der Waals surface area contributed by atoms with Gasteiger partial charge >= 0.3 is 5.97 Å². The Hall–Kier alpha value is -0.940. The second-order valence-electron chi connectivity index (χ2n) is 3.85. The number of carbonyl (C=O) groups excluding carboxylic acids is 2. The van der Waals surface area contributed by atoms with Crippen LogP contribution >= 0.6 is 0 Å². The SMILES string of the molecule is CCN(CCOC)CCOC(=O)CCC(C)=O. The summed E-state index contributed by atoms with van der Waals surface area (Å²) in [5.74, 6) is -0.291. The Kier molecular flexibility index (Phi) is 9.66. The number of hydrogen-bond acceptors (Lipinski definition) is 5. The van der Waals surface area contributed by atoms with E-state index < -0.39 is 0 Å². The highest BCUT2D eigenvalue weighted by molar-refractivity contribution is 5.80. The average molecular weight is 245 g/mol. The maximum Gasteiger partial charge on any atom is 0.306 e. The summed E-state index contributed by atoms with van der Waals surface area (Å²) < 4.78 is 10.0. The molecule has 0 atom stereocenters. The lowest BCUT2D eigenvalue weighted by molar-refractivity contribution is -0.145. The van der Waals surface area contributed by atoms with Crippen LogP contribution in [0.3, 0.4) is 0 Å². The minimum absolute atomic E-state index is 0.0113. The number of Topliss-reactive ketones (excluding diaryl/α,β-unsaturated/α-hetero) is 1. The van der Waals surface area contributed by atoms with E-state index in [-0.39, 0.29) is 24.6 Å². The molecule has 0 aliphatic rings. The van der Waals surface area contributed by atoms with Gasteiger partial charge in [-0.05, 0) is 13.5 Å². The molecule has 0 aliphatic heterocycles. The Morgan fingerprint density at radius 1 is 1.12 bits per heavy atom. The van der Waals surface area contributed by atoms with E-state index in [2.05, 4.69) is 4.90 Å². The van der Waals surface area contributed by atoms with E-state index in [1.165, 1.54) is 6.92 Å². The predicted octanol–water partition coefficient (Wildman–Crippen LogP) is 0.867. The quantitative estimate of drug-likeness (QED) is 0.534. The zero-order valence-electron chi connectivity index (χ0n) is 11.0. The molecule has 0 unspecified atom stereocenters. The summed E-state index contributed by atoms with van der Waals surface area (Å²) >= 11 is 0. The Bertz CT molecular complexity index is 231. The summed E-state index contributed by atoms with van der Waals surface area (Å²) in [6, 6.07) is 0. The zero-order chi connectivity index (χ0) is 13.1. The van der Waals surface area contributed by atoms with Gasteiger partial charge in [0.2, 0.25) is 0 Å². The van der Waals surface area contributed by atoms with E-state index in [4.69, 9.17) is 9.47 Å². The number of carbonyl (C=O) groups is 2. The predicted molar refractivity (Wildman–Crippen MR) is 64.9 cm³/mol. The van der Waals surface area contributed by atoms with Crippen molar-refractivity contribution in [2.24, 2.45) is 0 Å². The number of rotatable bonds is 10. The second kappa shape index (κ2) is 10.2. The lowest BCUT2D eigenvalue weighted by Crippen LogP contribution is -2.31. The molecule has 100 valence electrons. The van der Waals surface area contributed by atoms with Gasteiger partial charge in [-0.15, -0.1) is 0 Å². The molecule has 0 rings (SSSR count). The van der Waals surface area contributed by atoms with Crippen molar-refractivity contribution >= 4 is 11.8 Å².